The van der Waals surface area contributed by atoms with Crippen molar-refractivity contribution in [1.29, 1.82) is 0 Å². The summed E-state index contributed by atoms with van der Waals surface area (Å²) in [6, 6.07) is 9.12. The number of carbonyl (C=O) groups is 1. The second-order valence-electron chi connectivity index (χ2n) is 8.09. The fourth-order valence-electron chi connectivity index (χ4n) is 4.62. The van der Waals surface area contributed by atoms with Crippen LogP contribution in [-0.4, -0.2) is 30.0 Å². The van der Waals surface area contributed by atoms with Gasteiger partial charge in [-0.25, -0.2) is 4.98 Å². The minimum absolute atomic E-state index is 0.228. The molecule has 1 aromatic carbocycles. The summed E-state index contributed by atoms with van der Waals surface area (Å²) in [7, 11) is 0. The first-order valence-electron chi connectivity index (χ1n) is 10.2. The Morgan fingerprint density at radius 2 is 2.00 bits per heavy atom. The van der Waals surface area contributed by atoms with Crippen LogP contribution in [0.15, 0.2) is 24.3 Å². The van der Waals surface area contributed by atoms with Crippen molar-refractivity contribution in [2.45, 2.75) is 64.0 Å². The highest BCUT2D eigenvalue weighted by molar-refractivity contribution is 7.18. The Morgan fingerprint density at radius 3 is 2.85 bits per heavy atom. The summed E-state index contributed by atoms with van der Waals surface area (Å²) in [5, 5.41) is 4.55. The number of thiazole rings is 1. The molecule has 1 unspecified atom stereocenters. The number of carbonyl (C=O) groups excluding carboxylic acids is 1. The van der Waals surface area contributed by atoms with E-state index in [1.165, 1.54) is 46.7 Å². The van der Waals surface area contributed by atoms with Gasteiger partial charge in [0.1, 0.15) is 6.04 Å². The van der Waals surface area contributed by atoms with E-state index in [1.807, 2.05) is 11.3 Å². The molecule has 1 saturated heterocycles. The Kier molecular flexibility index (Phi) is 5.55. The van der Waals surface area contributed by atoms with Crippen molar-refractivity contribution in [3.63, 3.8) is 0 Å². The summed E-state index contributed by atoms with van der Waals surface area (Å²) in [5.74, 6) is 0.843. The maximum atomic E-state index is 12.7. The molecule has 1 aliphatic heterocycles. The zero-order valence-electron chi connectivity index (χ0n) is 15.7. The number of rotatable bonds is 4. The molecule has 5 heteroatoms. The third-order valence-corrected chi connectivity index (χ3v) is 7.34. The number of hydrogen-bond donors (Lipinski definition) is 2. The minimum atomic E-state index is 0.228. The van der Waals surface area contributed by atoms with Gasteiger partial charge in [0.2, 0.25) is 0 Å². The molecule has 2 aromatic rings. The quantitative estimate of drug-likeness (QED) is 0.866. The summed E-state index contributed by atoms with van der Waals surface area (Å²) in [6.45, 7) is 3.94. The van der Waals surface area contributed by atoms with Gasteiger partial charge in [0.25, 0.3) is 5.91 Å². The lowest BCUT2D eigenvalue weighted by Crippen LogP contribution is -3.14. The molecule has 2 heterocycles. The largest absolute Gasteiger partial charge is 0.348 e. The summed E-state index contributed by atoms with van der Waals surface area (Å²) in [5.41, 5.74) is 1.10. The lowest BCUT2D eigenvalue weighted by molar-refractivity contribution is -0.929. The van der Waals surface area contributed by atoms with Crippen LogP contribution in [0.25, 0.3) is 10.2 Å². The van der Waals surface area contributed by atoms with Crippen LogP contribution in [0.5, 0.6) is 0 Å². The van der Waals surface area contributed by atoms with Crippen LogP contribution in [0.2, 0.25) is 0 Å². The number of hydrogen-bond acceptors (Lipinski definition) is 3. The summed E-state index contributed by atoms with van der Waals surface area (Å²) in [4.78, 5) is 19.0. The molecule has 2 aliphatic rings. The molecule has 4 nitrogen and oxygen atoms in total. The van der Waals surface area contributed by atoms with E-state index in [1.54, 1.807) is 0 Å². The van der Waals surface area contributed by atoms with Gasteiger partial charge >= 0.3 is 0 Å². The molecule has 1 amide bonds. The Bertz CT molecular complexity index is 726. The second kappa shape index (κ2) is 8.05. The summed E-state index contributed by atoms with van der Waals surface area (Å²) in [6.07, 6.45) is 8.54. The number of piperidine rings is 1. The second-order valence-corrected chi connectivity index (χ2v) is 9.15. The lowest BCUT2D eigenvalue weighted by Gasteiger charge is -2.33. The minimum Gasteiger partial charge on any atom is -0.348 e. The standard InChI is InChI=1S/C21H29N3OS/c1-15-8-2-3-9-16(15)22-20(25)14-24-13-7-6-11-18(24)21-23-17-10-4-5-12-19(17)26-21/h4-5,10,12,15-16,18H,2-3,6-9,11,13-14H2,1H3,(H,22,25)/p+1/t15-,16+,18-/m1/s1. The number of aromatic nitrogens is 1. The van der Waals surface area contributed by atoms with Crippen molar-refractivity contribution in [2.75, 3.05) is 13.1 Å². The third-order valence-electron chi connectivity index (χ3n) is 6.19. The average Bonchev–Trinajstić information content (AvgIpc) is 3.08. The predicted molar refractivity (Wildman–Crippen MR) is 106 cm³/mol. The molecule has 2 fully saturated rings. The molecule has 140 valence electrons. The summed E-state index contributed by atoms with van der Waals surface area (Å²) >= 11 is 1.81. The van der Waals surface area contributed by atoms with Crippen molar-refractivity contribution < 1.29 is 9.69 Å². The highest BCUT2D eigenvalue weighted by atomic mass is 32.1. The zero-order chi connectivity index (χ0) is 17.9. The van der Waals surface area contributed by atoms with Crippen molar-refractivity contribution in [1.82, 2.24) is 10.3 Å². The van der Waals surface area contributed by atoms with Crippen molar-refractivity contribution in [3.8, 4) is 0 Å². The molecule has 1 aliphatic carbocycles. The molecular formula is C21H30N3OS+. The number of fused-ring (bicyclic) bond motifs is 1. The number of nitrogens with zero attached hydrogens (tertiary/aromatic N) is 1. The van der Waals surface area contributed by atoms with Gasteiger partial charge in [-0.15, -0.1) is 11.3 Å². The monoisotopic (exact) mass is 372 g/mol. The van der Waals surface area contributed by atoms with Crippen LogP contribution in [0.4, 0.5) is 0 Å². The Balaban J connectivity index is 1.44. The van der Waals surface area contributed by atoms with Crippen molar-refractivity contribution in [2.24, 2.45) is 5.92 Å². The fourth-order valence-corrected chi connectivity index (χ4v) is 5.78. The van der Waals surface area contributed by atoms with Gasteiger partial charge in [0.15, 0.2) is 11.6 Å². The van der Waals surface area contributed by atoms with E-state index in [0.717, 1.165) is 24.9 Å². The SMILES string of the molecule is C[C@@H]1CCCC[C@@H]1NC(=O)C[NH+]1CCCC[C@@H]1c1nc2ccccc2s1. The van der Waals surface area contributed by atoms with Gasteiger partial charge < -0.3 is 10.2 Å². The molecule has 4 atom stereocenters. The van der Waals surface area contributed by atoms with Crippen LogP contribution < -0.4 is 10.2 Å². The molecule has 1 aromatic heterocycles. The smallest absolute Gasteiger partial charge is 0.275 e. The first-order chi connectivity index (χ1) is 12.7. The van der Waals surface area contributed by atoms with E-state index < -0.39 is 0 Å². The average molecular weight is 373 g/mol. The van der Waals surface area contributed by atoms with E-state index in [0.29, 0.717) is 24.5 Å². The number of likely N-dealkylation sites (tertiary alicyclic amines) is 1. The molecule has 1 saturated carbocycles. The van der Waals surface area contributed by atoms with E-state index in [4.69, 9.17) is 4.98 Å². The molecule has 26 heavy (non-hydrogen) atoms. The number of para-hydroxylation sites is 1. The number of benzene rings is 1. The molecular weight excluding hydrogens is 342 g/mol. The van der Waals surface area contributed by atoms with Gasteiger partial charge in [-0.05, 0) is 43.7 Å². The summed E-state index contributed by atoms with van der Waals surface area (Å²) < 4.78 is 1.26. The van der Waals surface area contributed by atoms with Crippen LogP contribution in [0.1, 0.15) is 62.9 Å². The lowest BCUT2D eigenvalue weighted by atomic mass is 9.86. The fraction of sp³-hybridized carbons (Fsp3) is 0.619. The number of quaternary nitrogens is 1. The third kappa shape index (κ3) is 3.94. The van der Waals surface area contributed by atoms with Gasteiger partial charge in [-0.1, -0.05) is 31.9 Å². The molecule has 0 radical (unpaired) electrons. The maximum absolute atomic E-state index is 12.7. The van der Waals surface area contributed by atoms with E-state index in [9.17, 15) is 4.79 Å². The first-order valence-corrected chi connectivity index (χ1v) is 11.0. The normalized spacial score (nSPS) is 29.6. The predicted octanol–water partition coefficient (Wildman–Crippen LogP) is 3.10. The Hall–Kier alpha value is -1.46. The Labute approximate surface area is 160 Å². The molecule has 0 bridgehead atoms. The number of amides is 1. The van der Waals surface area contributed by atoms with Crippen LogP contribution in [0.3, 0.4) is 0 Å². The van der Waals surface area contributed by atoms with Crippen LogP contribution >= 0.6 is 11.3 Å². The molecule has 0 spiro atoms. The molecule has 4 rings (SSSR count). The van der Waals surface area contributed by atoms with E-state index in [2.05, 4.69) is 36.5 Å². The molecule has 2 N–H and O–H groups in total. The van der Waals surface area contributed by atoms with Crippen molar-refractivity contribution >= 4 is 27.5 Å². The van der Waals surface area contributed by atoms with Crippen molar-refractivity contribution in [3.05, 3.63) is 29.3 Å². The van der Waals surface area contributed by atoms with E-state index >= 15 is 0 Å². The topological polar surface area (TPSA) is 46.4 Å². The number of nitrogens with one attached hydrogen (secondary N) is 2. The highest BCUT2D eigenvalue weighted by Gasteiger charge is 2.33. The first kappa shape index (κ1) is 17.9. The zero-order valence-corrected chi connectivity index (χ0v) is 16.5. The van der Waals surface area contributed by atoms with Crippen LogP contribution in [-0.2, 0) is 4.79 Å². The highest BCUT2D eigenvalue weighted by Crippen LogP contribution is 2.28. The van der Waals surface area contributed by atoms with Gasteiger partial charge in [0, 0.05) is 12.5 Å². The van der Waals surface area contributed by atoms with Gasteiger partial charge in [-0.3, -0.25) is 4.79 Å². The van der Waals surface area contributed by atoms with E-state index in [-0.39, 0.29) is 5.91 Å². The van der Waals surface area contributed by atoms with Gasteiger partial charge in [-0.2, -0.15) is 0 Å². The van der Waals surface area contributed by atoms with Gasteiger partial charge in [0.05, 0.1) is 16.8 Å². The maximum Gasteiger partial charge on any atom is 0.275 e. The Morgan fingerprint density at radius 1 is 1.19 bits per heavy atom. The van der Waals surface area contributed by atoms with Crippen LogP contribution in [0, 0.1) is 5.92 Å².